The molecule has 1 heterocycles. The molecule has 0 bridgehead atoms. The maximum absolute atomic E-state index is 6.35. The molecule has 0 aliphatic carbocycles. The number of hydrogen-bond donors (Lipinski definition) is 1. The molecule has 0 spiro atoms. The predicted octanol–water partition coefficient (Wildman–Crippen LogP) is 3.74. The molecule has 2 atom stereocenters. The third-order valence-corrected chi connectivity index (χ3v) is 4.65. The second-order valence-electron chi connectivity index (χ2n) is 5.47. The minimum Gasteiger partial charge on any atom is -0.389 e. The quantitative estimate of drug-likeness (QED) is 0.862. The lowest BCUT2D eigenvalue weighted by molar-refractivity contribution is 0.0953. The summed E-state index contributed by atoms with van der Waals surface area (Å²) in [6.07, 6.45) is 3.87. The molecule has 1 fully saturated rings. The minimum atomic E-state index is 0.396. The summed E-state index contributed by atoms with van der Waals surface area (Å²) in [4.78, 5) is 2.93. The Bertz CT molecular complexity index is 465. The molecular formula is C15H21ClN2S. The number of rotatable bonds is 3. The lowest BCUT2D eigenvalue weighted by Gasteiger charge is -2.39. The Morgan fingerprint density at radius 3 is 2.53 bits per heavy atom. The van der Waals surface area contributed by atoms with Gasteiger partial charge in [-0.1, -0.05) is 42.4 Å². The average molecular weight is 297 g/mol. The lowest BCUT2D eigenvalue weighted by Crippen LogP contribution is -2.43. The minimum absolute atomic E-state index is 0.396. The van der Waals surface area contributed by atoms with Crippen molar-refractivity contribution in [2.45, 2.75) is 51.7 Å². The number of nitrogens with zero attached hydrogens (tertiary/aromatic N) is 1. The van der Waals surface area contributed by atoms with Crippen molar-refractivity contribution in [3.05, 3.63) is 34.3 Å². The molecule has 19 heavy (non-hydrogen) atoms. The number of piperidine rings is 1. The maximum Gasteiger partial charge on any atom is 0.104 e. The third kappa shape index (κ3) is 3.47. The molecule has 0 saturated carbocycles. The van der Waals surface area contributed by atoms with Gasteiger partial charge >= 0.3 is 0 Å². The highest BCUT2D eigenvalue weighted by Crippen LogP contribution is 2.27. The molecule has 1 aromatic carbocycles. The van der Waals surface area contributed by atoms with Crippen LogP contribution in [0.15, 0.2) is 18.2 Å². The van der Waals surface area contributed by atoms with Gasteiger partial charge in [0.2, 0.25) is 0 Å². The smallest absolute Gasteiger partial charge is 0.104 e. The Labute approximate surface area is 125 Å². The summed E-state index contributed by atoms with van der Waals surface area (Å²) < 4.78 is 0. The number of benzene rings is 1. The second kappa shape index (κ2) is 6.21. The lowest BCUT2D eigenvalue weighted by atomic mass is 9.96. The number of likely N-dealkylation sites (tertiary alicyclic amines) is 1. The summed E-state index contributed by atoms with van der Waals surface area (Å²) in [6, 6.07) is 7.12. The van der Waals surface area contributed by atoms with Crippen LogP contribution in [-0.4, -0.2) is 22.0 Å². The summed E-state index contributed by atoms with van der Waals surface area (Å²) in [5.74, 6) is 0. The molecular weight excluding hydrogens is 276 g/mol. The highest BCUT2D eigenvalue weighted by molar-refractivity contribution is 7.80. The summed E-state index contributed by atoms with van der Waals surface area (Å²) in [7, 11) is 0. The van der Waals surface area contributed by atoms with E-state index in [9.17, 15) is 0 Å². The first-order chi connectivity index (χ1) is 8.99. The molecule has 1 aromatic rings. The van der Waals surface area contributed by atoms with Crippen LogP contribution in [-0.2, 0) is 6.54 Å². The van der Waals surface area contributed by atoms with E-state index in [0.29, 0.717) is 17.1 Å². The summed E-state index contributed by atoms with van der Waals surface area (Å²) in [5.41, 5.74) is 7.61. The first-order valence-electron chi connectivity index (χ1n) is 6.83. The standard InChI is InChI=1S/C15H21ClN2S/c1-10-4-3-5-11(2)18(10)9-13-7-6-12(15(17)19)8-14(13)16/h6-8,10-11H,3-5,9H2,1-2H3,(H2,17,19). The molecule has 2 nitrogen and oxygen atoms in total. The van der Waals surface area contributed by atoms with Crippen LogP contribution in [0.3, 0.4) is 0 Å². The largest absolute Gasteiger partial charge is 0.389 e. The molecule has 2 N–H and O–H groups in total. The van der Waals surface area contributed by atoms with Crippen LogP contribution >= 0.6 is 23.8 Å². The summed E-state index contributed by atoms with van der Waals surface area (Å²) >= 11 is 11.3. The zero-order valence-electron chi connectivity index (χ0n) is 11.5. The highest BCUT2D eigenvalue weighted by atomic mass is 35.5. The SMILES string of the molecule is CC1CCCC(C)N1Cc1ccc(C(N)=S)cc1Cl. The topological polar surface area (TPSA) is 29.3 Å². The van der Waals surface area contributed by atoms with Gasteiger partial charge < -0.3 is 5.73 Å². The van der Waals surface area contributed by atoms with E-state index < -0.39 is 0 Å². The van der Waals surface area contributed by atoms with Crippen molar-refractivity contribution in [2.24, 2.45) is 5.73 Å². The summed E-state index contributed by atoms with van der Waals surface area (Å²) in [5, 5.41) is 0.760. The number of halogens is 1. The Morgan fingerprint density at radius 1 is 1.37 bits per heavy atom. The van der Waals surface area contributed by atoms with Crippen molar-refractivity contribution in [2.75, 3.05) is 0 Å². The Balaban J connectivity index is 2.16. The number of thiocarbonyl (C=S) groups is 1. The first kappa shape index (κ1) is 14.8. The molecule has 1 aliphatic heterocycles. The second-order valence-corrected chi connectivity index (χ2v) is 6.32. The Morgan fingerprint density at radius 2 is 2.00 bits per heavy atom. The number of nitrogens with two attached hydrogens (primary N) is 1. The molecule has 1 saturated heterocycles. The van der Waals surface area contributed by atoms with E-state index in [4.69, 9.17) is 29.6 Å². The number of hydrogen-bond acceptors (Lipinski definition) is 2. The highest BCUT2D eigenvalue weighted by Gasteiger charge is 2.25. The van der Waals surface area contributed by atoms with Crippen LogP contribution in [0.1, 0.15) is 44.2 Å². The van der Waals surface area contributed by atoms with E-state index in [0.717, 1.165) is 22.7 Å². The fraction of sp³-hybridized carbons (Fsp3) is 0.533. The zero-order valence-corrected chi connectivity index (χ0v) is 13.1. The molecule has 0 radical (unpaired) electrons. The monoisotopic (exact) mass is 296 g/mol. The van der Waals surface area contributed by atoms with E-state index in [2.05, 4.69) is 18.7 Å². The van der Waals surface area contributed by atoms with Crippen molar-refractivity contribution < 1.29 is 0 Å². The van der Waals surface area contributed by atoms with E-state index in [1.807, 2.05) is 18.2 Å². The van der Waals surface area contributed by atoms with Gasteiger partial charge in [0.1, 0.15) is 4.99 Å². The van der Waals surface area contributed by atoms with Gasteiger partial charge in [0.25, 0.3) is 0 Å². The van der Waals surface area contributed by atoms with E-state index >= 15 is 0 Å². The average Bonchev–Trinajstić information content (AvgIpc) is 2.35. The van der Waals surface area contributed by atoms with Gasteiger partial charge in [0, 0.05) is 29.2 Å². The fourth-order valence-corrected chi connectivity index (χ4v) is 3.18. The predicted molar refractivity (Wildman–Crippen MR) is 85.7 cm³/mol. The van der Waals surface area contributed by atoms with Crippen LogP contribution in [0.25, 0.3) is 0 Å². The Kier molecular flexibility index (Phi) is 4.82. The van der Waals surface area contributed by atoms with Crippen LogP contribution < -0.4 is 5.73 Å². The van der Waals surface area contributed by atoms with Gasteiger partial charge in [-0.05, 0) is 38.3 Å². The van der Waals surface area contributed by atoms with Gasteiger partial charge in [0.05, 0.1) is 0 Å². The first-order valence-corrected chi connectivity index (χ1v) is 7.61. The van der Waals surface area contributed by atoms with Gasteiger partial charge in [-0.25, -0.2) is 0 Å². The van der Waals surface area contributed by atoms with E-state index in [-0.39, 0.29) is 0 Å². The molecule has 104 valence electrons. The molecule has 0 amide bonds. The molecule has 2 rings (SSSR count). The van der Waals surface area contributed by atoms with Crippen LogP contribution in [0.5, 0.6) is 0 Å². The molecule has 2 unspecified atom stereocenters. The fourth-order valence-electron chi connectivity index (χ4n) is 2.81. The van der Waals surface area contributed by atoms with Gasteiger partial charge in [-0.15, -0.1) is 0 Å². The van der Waals surface area contributed by atoms with Crippen molar-refractivity contribution in [1.29, 1.82) is 0 Å². The van der Waals surface area contributed by atoms with Crippen molar-refractivity contribution in [3.8, 4) is 0 Å². The normalized spacial score (nSPS) is 24.4. The third-order valence-electron chi connectivity index (χ3n) is 4.07. The summed E-state index contributed by atoms with van der Waals surface area (Å²) in [6.45, 7) is 5.50. The Hall–Kier alpha value is -0.640. The van der Waals surface area contributed by atoms with Gasteiger partial charge in [0.15, 0.2) is 0 Å². The molecule has 1 aliphatic rings. The molecule has 0 aromatic heterocycles. The van der Waals surface area contributed by atoms with Gasteiger partial charge in [-0.3, -0.25) is 4.90 Å². The maximum atomic E-state index is 6.35. The van der Waals surface area contributed by atoms with E-state index in [1.165, 1.54) is 19.3 Å². The van der Waals surface area contributed by atoms with Gasteiger partial charge in [-0.2, -0.15) is 0 Å². The van der Waals surface area contributed by atoms with E-state index in [1.54, 1.807) is 0 Å². The zero-order chi connectivity index (χ0) is 14.0. The van der Waals surface area contributed by atoms with Crippen molar-refractivity contribution >= 4 is 28.8 Å². The van der Waals surface area contributed by atoms with Crippen LogP contribution in [0.4, 0.5) is 0 Å². The van der Waals surface area contributed by atoms with Crippen molar-refractivity contribution in [3.63, 3.8) is 0 Å². The van der Waals surface area contributed by atoms with Crippen molar-refractivity contribution in [1.82, 2.24) is 4.90 Å². The van der Waals surface area contributed by atoms with Crippen LogP contribution in [0.2, 0.25) is 5.02 Å². The molecule has 4 heteroatoms. The van der Waals surface area contributed by atoms with Crippen LogP contribution in [0, 0.1) is 0 Å².